The van der Waals surface area contributed by atoms with Gasteiger partial charge >= 0.3 is 0 Å². The zero-order chi connectivity index (χ0) is 14.8. The Morgan fingerprint density at radius 1 is 1.33 bits per heavy atom. The number of aliphatic hydroxyl groups is 1. The molecule has 21 heavy (non-hydrogen) atoms. The summed E-state index contributed by atoms with van der Waals surface area (Å²) in [4.78, 5) is 12.0. The summed E-state index contributed by atoms with van der Waals surface area (Å²) >= 11 is 0. The first-order valence-corrected chi connectivity index (χ1v) is 7.73. The van der Waals surface area contributed by atoms with Gasteiger partial charge in [0.2, 0.25) is 0 Å². The van der Waals surface area contributed by atoms with Gasteiger partial charge in [0.15, 0.2) is 5.78 Å². The average molecular weight is 284 g/mol. The standard InChI is InChI=1S/C18H20O3/c1-18-7-6-13-12-5-3-11(19)8-10(12)2-4-14(13)15(18)9-16(20)17(18)21/h3-5,8,13,15,17,19,21H,2,6-7,9H2,1H3/t13-,15+,17?,18+/m1/s1. The number of phenols is 1. The van der Waals surface area contributed by atoms with Gasteiger partial charge in [0, 0.05) is 17.8 Å². The van der Waals surface area contributed by atoms with Crippen LogP contribution in [0.15, 0.2) is 29.8 Å². The predicted molar refractivity (Wildman–Crippen MR) is 79.1 cm³/mol. The van der Waals surface area contributed by atoms with Crippen LogP contribution in [0.3, 0.4) is 0 Å². The van der Waals surface area contributed by atoms with Crippen LogP contribution in [0.2, 0.25) is 0 Å². The third-order valence-electron chi connectivity index (χ3n) is 5.97. The molecular formula is C18H20O3. The fraction of sp³-hybridized carbons (Fsp3) is 0.500. The highest BCUT2D eigenvalue weighted by molar-refractivity contribution is 5.87. The topological polar surface area (TPSA) is 57.5 Å². The van der Waals surface area contributed by atoms with E-state index >= 15 is 0 Å². The zero-order valence-electron chi connectivity index (χ0n) is 12.2. The second-order valence-corrected chi connectivity index (χ2v) is 7.01. The van der Waals surface area contributed by atoms with Crippen molar-refractivity contribution in [3.05, 3.63) is 41.0 Å². The lowest BCUT2D eigenvalue weighted by molar-refractivity contribution is -0.127. The van der Waals surface area contributed by atoms with E-state index in [-0.39, 0.29) is 17.1 Å². The van der Waals surface area contributed by atoms with E-state index in [0.29, 0.717) is 18.1 Å². The van der Waals surface area contributed by atoms with Crippen LogP contribution in [0, 0.1) is 11.3 Å². The number of aliphatic hydroxyl groups excluding tert-OH is 1. The molecule has 0 spiro atoms. The van der Waals surface area contributed by atoms with Crippen LogP contribution in [0.4, 0.5) is 0 Å². The summed E-state index contributed by atoms with van der Waals surface area (Å²) in [5, 5.41) is 19.9. The average Bonchev–Trinajstić information content (AvgIpc) is 2.70. The number of ketones is 1. The Balaban J connectivity index is 1.77. The Labute approximate surface area is 124 Å². The number of hydrogen-bond acceptors (Lipinski definition) is 3. The van der Waals surface area contributed by atoms with Crippen LogP contribution in [0.1, 0.15) is 43.2 Å². The molecule has 3 aliphatic rings. The molecule has 0 amide bonds. The molecule has 3 heteroatoms. The lowest BCUT2D eigenvalue weighted by Gasteiger charge is -2.45. The van der Waals surface area contributed by atoms with Gasteiger partial charge in [-0.15, -0.1) is 0 Å². The van der Waals surface area contributed by atoms with Gasteiger partial charge in [0.1, 0.15) is 11.9 Å². The van der Waals surface area contributed by atoms with E-state index in [4.69, 9.17) is 0 Å². The van der Waals surface area contributed by atoms with E-state index < -0.39 is 6.10 Å². The number of carbonyl (C=O) groups is 1. The summed E-state index contributed by atoms with van der Waals surface area (Å²) in [7, 11) is 0. The Morgan fingerprint density at radius 2 is 2.14 bits per heavy atom. The minimum absolute atomic E-state index is 0.000512. The lowest BCUT2D eigenvalue weighted by atomic mass is 9.59. The van der Waals surface area contributed by atoms with Gasteiger partial charge < -0.3 is 10.2 Å². The smallest absolute Gasteiger partial charge is 0.162 e. The molecule has 0 aromatic heterocycles. The van der Waals surface area contributed by atoms with E-state index in [2.05, 4.69) is 13.0 Å². The molecule has 0 heterocycles. The number of allylic oxidation sites excluding steroid dienone is 2. The van der Waals surface area contributed by atoms with Crippen molar-refractivity contribution in [3.63, 3.8) is 0 Å². The van der Waals surface area contributed by atoms with Crippen LogP contribution in [-0.4, -0.2) is 22.1 Å². The molecule has 1 aromatic carbocycles. The molecule has 1 unspecified atom stereocenters. The van der Waals surface area contributed by atoms with Crippen molar-refractivity contribution in [3.8, 4) is 5.75 Å². The highest BCUT2D eigenvalue weighted by atomic mass is 16.3. The van der Waals surface area contributed by atoms with Gasteiger partial charge in [-0.1, -0.05) is 24.6 Å². The van der Waals surface area contributed by atoms with Crippen LogP contribution < -0.4 is 0 Å². The van der Waals surface area contributed by atoms with Crippen molar-refractivity contribution in [1.29, 1.82) is 0 Å². The van der Waals surface area contributed by atoms with Gasteiger partial charge in [-0.2, -0.15) is 0 Å². The molecule has 4 atom stereocenters. The maximum Gasteiger partial charge on any atom is 0.162 e. The largest absolute Gasteiger partial charge is 0.508 e. The van der Waals surface area contributed by atoms with Crippen LogP contribution in [0.25, 0.3) is 0 Å². The quantitative estimate of drug-likeness (QED) is 0.720. The number of carbonyl (C=O) groups excluding carboxylic acids is 1. The fourth-order valence-corrected chi connectivity index (χ4v) is 4.73. The molecule has 0 radical (unpaired) electrons. The summed E-state index contributed by atoms with van der Waals surface area (Å²) < 4.78 is 0. The Hall–Kier alpha value is -1.61. The number of phenolic OH excluding ortho intramolecular Hbond substituents is 1. The second-order valence-electron chi connectivity index (χ2n) is 7.01. The third kappa shape index (κ3) is 1.67. The van der Waals surface area contributed by atoms with E-state index in [1.165, 1.54) is 16.7 Å². The molecule has 0 aliphatic heterocycles. The van der Waals surface area contributed by atoms with Gasteiger partial charge in [-0.05, 0) is 48.4 Å². The van der Waals surface area contributed by atoms with E-state index in [1.807, 2.05) is 12.1 Å². The van der Waals surface area contributed by atoms with Crippen molar-refractivity contribution in [2.45, 2.75) is 44.6 Å². The minimum Gasteiger partial charge on any atom is -0.508 e. The summed E-state index contributed by atoms with van der Waals surface area (Å²) in [6.07, 6.45) is 4.58. The predicted octanol–water partition coefficient (Wildman–Crippen LogP) is 2.71. The minimum atomic E-state index is -0.800. The normalized spacial score (nSPS) is 37.5. The summed E-state index contributed by atoms with van der Waals surface area (Å²) in [6, 6.07) is 5.63. The Bertz CT molecular complexity index is 660. The molecule has 3 aliphatic carbocycles. The molecule has 2 saturated carbocycles. The van der Waals surface area contributed by atoms with Crippen molar-refractivity contribution >= 4 is 5.78 Å². The van der Waals surface area contributed by atoms with Crippen molar-refractivity contribution in [1.82, 2.24) is 0 Å². The Morgan fingerprint density at radius 3 is 2.95 bits per heavy atom. The number of Topliss-reactive ketones (excluding diaryl/α,β-unsaturated/α-hetero) is 1. The van der Waals surface area contributed by atoms with Crippen molar-refractivity contribution < 1.29 is 15.0 Å². The molecule has 4 rings (SSSR count). The zero-order valence-corrected chi connectivity index (χ0v) is 12.2. The van der Waals surface area contributed by atoms with E-state index in [0.717, 1.165) is 19.3 Å². The summed E-state index contributed by atoms with van der Waals surface area (Å²) in [6.45, 7) is 2.07. The summed E-state index contributed by atoms with van der Waals surface area (Å²) in [5.74, 6) is 0.851. The number of rotatable bonds is 0. The van der Waals surface area contributed by atoms with Crippen molar-refractivity contribution in [2.75, 3.05) is 0 Å². The van der Waals surface area contributed by atoms with Crippen LogP contribution in [0.5, 0.6) is 5.75 Å². The second kappa shape index (κ2) is 4.20. The first-order valence-electron chi connectivity index (χ1n) is 7.73. The molecule has 110 valence electrons. The number of fused-ring (bicyclic) bond motifs is 5. The molecule has 2 fully saturated rings. The highest BCUT2D eigenvalue weighted by Gasteiger charge is 2.55. The molecule has 2 N–H and O–H groups in total. The summed E-state index contributed by atoms with van der Waals surface area (Å²) in [5.41, 5.74) is 3.54. The molecular weight excluding hydrogens is 264 g/mol. The molecule has 1 aromatic rings. The van der Waals surface area contributed by atoms with Gasteiger partial charge in [0.25, 0.3) is 0 Å². The van der Waals surface area contributed by atoms with Crippen LogP contribution >= 0.6 is 0 Å². The molecule has 0 saturated heterocycles. The van der Waals surface area contributed by atoms with E-state index in [1.54, 1.807) is 6.07 Å². The third-order valence-corrected chi connectivity index (χ3v) is 5.97. The maximum atomic E-state index is 12.0. The van der Waals surface area contributed by atoms with Crippen LogP contribution in [-0.2, 0) is 11.2 Å². The lowest BCUT2D eigenvalue weighted by Crippen LogP contribution is -2.40. The van der Waals surface area contributed by atoms with Gasteiger partial charge in [-0.25, -0.2) is 0 Å². The van der Waals surface area contributed by atoms with Crippen molar-refractivity contribution in [2.24, 2.45) is 11.3 Å². The highest BCUT2D eigenvalue weighted by Crippen LogP contribution is 2.58. The number of hydrogen-bond donors (Lipinski definition) is 2. The van der Waals surface area contributed by atoms with E-state index in [9.17, 15) is 15.0 Å². The SMILES string of the molecule is C[C@]12CC[C@H]3C(=CCc4cc(O)ccc43)[C@@H]1CC(=O)C2O. The number of benzene rings is 1. The fourth-order valence-electron chi connectivity index (χ4n) is 4.73. The Kier molecular flexibility index (Phi) is 2.62. The first-order chi connectivity index (χ1) is 10.0. The maximum absolute atomic E-state index is 12.0. The number of aromatic hydroxyl groups is 1. The molecule has 3 nitrogen and oxygen atoms in total. The first kappa shape index (κ1) is 13.1. The monoisotopic (exact) mass is 284 g/mol. The van der Waals surface area contributed by atoms with Gasteiger partial charge in [-0.3, -0.25) is 4.79 Å². The molecule has 0 bridgehead atoms. The van der Waals surface area contributed by atoms with Gasteiger partial charge in [0.05, 0.1) is 0 Å².